The van der Waals surface area contributed by atoms with E-state index in [0.29, 0.717) is 37.0 Å². The second kappa shape index (κ2) is 9.39. The van der Waals surface area contributed by atoms with Crippen LogP contribution >= 0.6 is 11.3 Å². The third-order valence-corrected chi connectivity index (χ3v) is 8.67. The van der Waals surface area contributed by atoms with Crippen molar-refractivity contribution in [3.63, 3.8) is 0 Å². The van der Waals surface area contributed by atoms with Crippen LogP contribution in [-0.4, -0.2) is 54.5 Å². The van der Waals surface area contributed by atoms with Gasteiger partial charge in [-0.05, 0) is 36.3 Å². The molecule has 0 saturated carbocycles. The predicted molar refractivity (Wildman–Crippen MR) is 128 cm³/mol. The molecule has 1 unspecified atom stereocenters. The summed E-state index contributed by atoms with van der Waals surface area (Å²) in [6, 6.07) is 7.56. The summed E-state index contributed by atoms with van der Waals surface area (Å²) < 4.78 is 11.0. The highest BCUT2D eigenvalue weighted by molar-refractivity contribution is 8.33. The number of amidine groups is 1. The molecule has 1 atom stereocenters. The monoisotopic (exact) mass is 474 g/mol. The average Bonchev–Trinajstić information content (AvgIpc) is 3.38. The number of carbonyl (C=O) groups excluding carboxylic acids is 1. The van der Waals surface area contributed by atoms with Gasteiger partial charge in [-0.2, -0.15) is 0 Å². The highest BCUT2D eigenvalue weighted by atomic mass is 32.8. The SMILES string of the molecule is CC1=C(c2nc(-c3cccc(OCC(=O)N4CCOCC4)c3)cs2)C=C(C(=N)N)S1=S. The summed E-state index contributed by atoms with van der Waals surface area (Å²) in [4.78, 5) is 20.5. The predicted octanol–water partition coefficient (Wildman–Crippen LogP) is 2.69. The van der Waals surface area contributed by atoms with Crippen LogP contribution < -0.4 is 10.5 Å². The zero-order chi connectivity index (χ0) is 22.0. The van der Waals surface area contributed by atoms with E-state index in [-0.39, 0.29) is 18.3 Å². The Morgan fingerprint density at radius 3 is 2.90 bits per heavy atom. The Kier molecular flexibility index (Phi) is 6.61. The molecule has 10 heteroatoms. The summed E-state index contributed by atoms with van der Waals surface area (Å²) >= 11 is 7.04. The number of morpholine rings is 1. The largest absolute Gasteiger partial charge is 0.484 e. The second-order valence-electron chi connectivity index (χ2n) is 7.01. The minimum Gasteiger partial charge on any atom is -0.484 e. The van der Waals surface area contributed by atoms with Crippen LogP contribution in [0.3, 0.4) is 0 Å². The van der Waals surface area contributed by atoms with Gasteiger partial charge in [0.15, 0.2) is 6.61 Å². The number of amides is 1. The van der Waals surface area contributed by atoms with Gasteiger partial charge in [0.1, 0.15) is 16.6 Å². The van der Waals surface area contributed by atoms with E-state index in [4.69, 9.17) is 36.8 Å². The Morgan fingerprint density at radius 2 is 2.19 bits per heavy atom. The normalized spacial score (nSPS) is 18.8. The van der Waals surface area contributed by atoms with E-state index in [2.05, 4.69) is 0 Å². The minimum absolute atomic E-state index is 0.00237. The van der Waals surface area contributed by atoms with Gasteiger partial charge in [-0.15, -0.1) is 11.3 Å². The van der Waals surface area contributed by atoms with Crippen LogP contribution in [0.5, 0.6) is 5.75 Å². The van der Waals surface area contributed by atoms with Gasteiger partial charge < -0.3 is 20.1 Å². The number of benzene rings is 1. The highest BCUT2D eigenvalue weighted by Crippen LogP contribution is 2.36. The van der Waals surface area contributed by atoms with Crippen molar-refractivity contribution in [1.82, 2.24) is 9.88 Å². The maximum Gasteiger partial charge on any atom is 0.260 e. The van der Waals surface area contributed by atoms with Crippen molar-refractivity contribution < 1.29 is 14.3 Å². The van der Waals surface area contributed by atoms with Crippen LogP contribution in [-0.2, 0) is 30.2 Å². The summed E-state index contributed by atoms with van der Waals surface area (Å²) in [6.45, 7) is 4.31. The first-order valence-electron chi connectivity index (χ1n) is 9.67. The van der Waals surface area contributed by atoms with E-state index >= 15 is 0 Å². The molecule has 0 aliphatic carbocycles. The number of allylic oxidation sites excluding steroid dienone is 3. The highest BCUT2D eigenvalue weighted by Gasteiger charge is 2.23. The number of hydrogen-bond donors (Lipinski definition) is 2. The van der Waals surface area contributed by atoms with Gasteiger partial charge in [0.25, 0.3) is 5.91 Å². The van der Waals surface area contributed by atoms with Crippen LogP contribution in [0.4, 0.5) is 0 Å². The number of aromatic nitrogens is 1. The Hall–Kier alpha value is -2.40. The van der Waals surface area contributed by atoms with Gasteiger partial charge in [0.05, 0.1) is 23.8 Å². The Balaban J connectivity index is 1.48. The van der Waals surface area contributed by atoms with E-state index in [1.165, 1.54) is 11.3 Å². The van der Waals surface area contributed by atoms with E-state index in [1.54, 1.807) is 4.90 Å². The first kappa shape index (κ1) is 21.8. The number of thiazole rings is 1. The Morgan fingerprint density at radius 1 is 1.42 bits per heavy atom. The van der Waals surface area contributed by atoms with Gasteiger partial charge in [0.2, 0.25) is 0 Å². The fourth-order valence-electron chi connectivity index (χ4n) is 3.27. The first-order chi connectivity index (χ1) is 14.9. The van der Waals surface area contributed by atoms with Gasteiger partial charge >= 0.3 is 0 Å². The standard InChI is InChI=1S/C21H22N4O3S3/c1-13-16(10-18(20(22)23)31(13)29)21-24-17(12-30-21)14-3-2-4-15(9-14)28-11-19(26)25-5-7-27-8-6-25/h2-4,9-10,12H,5-8,11H2,1H3,(H3,22,23). The first-order valence-corrected chi connectivity index (χ1v) is 12.7. The molecule has 7 nitrogen and oxygen atoms in total. The molecule has 31 heavy (non-hydrogen) atoms. The smallest absolute Gasteiger partial charge is 0.260 e. The summed E-state index contributed by atoms with van der Waals surface area (Å²) in [7, 11) is -0.587. The number of carbonyl (C=O) groups is 1. The van der Waals surface area contributed by atoms with Crippen molar-refractivity contribution in [2.75, 3.05) is 32.9 Å². The molecule has 1 aromatic heterocycles. The molecule has 1 saturated heterocycles. The lowest BCUT2D eigenvalue weighted by Gasteiger charge is -2.26. The maximum absolute atomic E-state index is 12.3. The number of nitrogens with one attached hydrogen (secondary N) is 1. The van der Waals surface area contributed by atoms with Gasteiger partial charge in [-0.1, -0.05) is 21.6 Å². The fourth-order valence-corrected chi connectivity index (χ4v) is 6.02. The van der Waals surface area contributed by atoms with Gasteiger partial charge in [0, 0.05) is 34.5 Å². The van der Waals surface area contributed by atoms with E-state index in [0.717, 1.165) is 26.7 Å². The molecule has 2 aromatic rings. The number of ether oxygens (including phenoxy) is 2. The van der Waals surface area contributed by atoms with E-state index in [9.17, 15) is 4.79 Å². The molecule has 1 aromatic carbocycles. The number of nitrogens with two attached hydrogens (primary N) is 1. The fraction of sp³-hybridized carbons (Fsp3) is 0.286. The van der Waals surface area contributed by atoms with Crippen molar-refractivity contribution in [1.29, 1.82) is 5.41 Å². The maximum atomic E-state index is 12.3. The van der Waals surface area contributed by atoms with E-state index in [1.807, 2.05) is 42.6 Å². The van der Waals surface area contributed by atoms with Crippen molar-refractivity contribution >= 4 is 49.3 Å². The Labute approximate surface area is 191 Å². The topological polar surface area (TPSA) is 102 Å². The minimum atomic E-state index is -0.587. The molecule has 1 fully saturated rings. The van der Waals surface area contributed by atoms with Crippen LogP contribution in [0.15, 0.2) is 45.5 Å². The zero-order valence-electron chi connectivity index (χ0n) is 16.9. The summed E-state index contributed by atoms with van der Waals surface area (Å²) in [5.41, 5.74) is 8.34. The molecule has 2 aliphatic heterocycles. The molecule has 2 aliphatic rings. The second-order valence-corrected chi connectivity index (χ2v) is 10.5. The van der Waals surface area contributed by atoms with Crippen LogP contribution in [0, 0.1) is 5.41 Å². The van der Waals surface area contributed by atoms with Crippen molar-refractivity contribution in [2.45, 2.75) is 6.92 Å². The third kappa shape index (κ3) is 4.77. The summed E-state index contributed by atoms with van der Waals surface area (Å²) in [5, 5.41) is 10.5. The van der Waals surface area contributed by atoms with Crippen LogP contribution in [0.1, 0.15) is 11.9 Å². The molecule has 4 rings (SSSR count). The number of nitrogens with zero attached hydrogens (tertiary/aromatic N) is 2. The molecular formula is C21H22N4O3S3. The molecule has 3 heterocycles. The third-order valence-electron chi connectivity index (χ3n) is 4.99. The van der Waals surface area contributed by atoms with Crippen molar-refractivity contribution in [3.05, 3.63) is 50.5 Å². The van der Waals surface area contributed by atoms with Crippen molar-refractivity contribution in [2.24, 2.45) is 5.73 Å². The molecular weight excluding hydrogens is 452 g/mol. The lowest BCUT2D eigenvalue weighted by Crippen LogP contribution is -2.42. The molecule has 0 bridgehead atoms. The molecule has 3 N–H and O–H groups in total. The quantitative estimate of drug-likeness (QED) is 0.493. The van der Waals surface area contributed by atoms with Gasteiger partial charge in [-0.25, -0.2) is 4.98 Å². The molecule has 0 spiro atoms. The average molecular weight is 475 g/mol. The zero-order valence-corrected chi connectivity index (χ0v) is 19.4. The lowest BCUT2D eigenvalue weighted by atomic mass is 10.1. The van der Waals surface area contributed by atoms with Crippen LogP contribution in [0.25, 0.3) is 16.8 Å². The molecule has 1 amide bonds. The molecule has 0 radical (unpaired) electrons. The van der Waals surface area contributed by atoms with Gasteiger partial charge in [-0.3, -0.25) is 10.2 Å². The number of hydrogen-bond acceptors (Lipinski definition) is 7. The summed E-state index contributed by atoms with van der Waals surface area (Å²) in [5.74, 6) is 0.595. The molecule has 162 valence electrons. The number of rotatable bonds is 6. The van der Waals surface area contributed by atoms with E-state index < -0.39 is 9.45 Å². The van der Waals surface area contributed by atoms with Crippen molar-refractivity contribution in [3.8, 4) is 17.0 Å². The Bertz CT molecular complexity index is 1120. The summed E-state index contributed by atoms with van der Waals surface area (Å²) in [6.07, 6.45) is 1.88. The van der Waals surface area contributed by atoms with Crippen LogP contribution in [0.2, 0.25) is 0 Å². The lowest BCUT2D eigenvalue weighted by molar-refractivity contribution is -0.137.